The topological polar surface area (TPSA) is 105 Å². The number of aliphatic carboxylic acids is 1. The van der Waals surface area contributed by atoms with Gasteiger partial charge in [-0.25, -0.2) is 4.79 Å². The normalized spacial score (nSPS) is 19.2. The lowest BCUT2D eigenvalue weighted by Crippen LogP contribution is -2.34. The van der Waals surface area contributed by atoms with Gasteiger partial charge in [0.1, 0.15) is 18.2 Å². The molecular weight excluding hydrogens is 380 g/mol. The maximum Gasteiger partial charge on any atom is 0.329 e. The monoisotopic (exact) mass is 408 g/mol. The molecule has 8 heteroatoms. The number of carbonyl (C=O) groups excluding carboxylic acids is 2. The van der Waals surface area contributed by atoms with Crippen molar-refractivity contribution in [2.45, 2.75) is 64.3 Å². The van der Waals surface area contributed by atoms with Crippen LogP contribution in [0.25, 0.3) is 0 Å². The molecule has 3 rings (SSSR count). The highest BCUT2D eigenvalue weighted by Crippen LogP contribution is 2.40. The number of fused-ring (bicyclic) bond motifs is 1. The van der Waals surface area contributed by atoms with E-state index < -0.39 is 18.5 Å². The van der Waals surface area contributed by atoms with Crippen LogP contribution in [0, 0.1) is 5.92 Å². The predicted octanol–water partition coefficient (Wildman–Crippen LogP) is 2.98. The average molecular weight is 409 g/mol. The van der Waals surface area contributed by atoms with Crippen LogP contribution >= 0.6 is 11.3 Å². The molecule has 1 aromatic heterocycles. The van der Waals surface area contributed by atoms with Gasteiger partial charge < -0.3 is 20.5 Å². The van der Waals surface area contributed by atoms with Gasteiger partial charge in [0.25, 0.3) is 11.8 Å². The third kappa shape index (κ3) is 5.11. The summed E-state index contributed by atoms with van der Waals surface area (Å²) in [5.74, 6) is -1.07. The number of nitrogens with one attached hydrogen (secondary N) is 2. The molecule has 1 aromatic rings. The van der Waals surface area contributed by atoms with E-state index in [0.29, 0.717) is 16.5 Å². The average Bonchev–Trinajstić information content (AvgIpc) is 3.27. The molecule has 2 amide bonds. The minimum absolute atomic E-state index is 0.110. The van der Waals surface area contributed by atoms with E-state index in [0.717, 1.165) is 56.9 Å². The first-order chi connectivity index (χ1) is 13.5. The summed E-state index contributed by atoms with van der Waals surface area (Å²) in [5.41, 5.74) is 1.65. The molecule has 0 spiro atoms. The molecule has 0 unspecified atom stereocenters. The molecule has 0 saturated heterocycles. The molecule has 3 N–H and O–H groups in total. The number of thiophene rings is 1. The van der Waals surface area contributed by atoms with E-state index in [4.69, 9.17) is 9.84 Å². The summed E-state index contributed by atoms with van der Waals surface area (Å²) >= 11 is 1.47. The number of carbonyl (C=O) groups is 3. The first-order valence-electron chi connectivity index (χ1n) is 10.0. The summed E-state index contributed by atoms with van der Waals surface area (Å²) in [4.78, 5) is 36.9. The number of ether oxygens (including phenoxy) is 1. The molecule has 154 valence electrons. The molecule has 2 aliphatic rings. The second-order valence-electron chi connectivity index (χ2n) is 7.61. The summed E-state index contributed by atoms with van der Waals surface area (Å²) in [6.07, 6.45) is 8.21. The molecule has 0 aliphatic heterocycles. The fraction of sp³-hybridized carbons (Fsp3) is 0.650. The van der Waals surface area contributed by atoms with Gasteiger partial charge in [-0.2, -0.15) is 0 Å². The van der Waals surface area contributed by atoms with Crippen molar-refractivity contribution in [2.75, 3.05) is 18.5 Å². The Labute approximate surface area is 168 Å². The largest absolute Gasteiger partial charge is 0.480 e. The van der Waals surface area contributed by atoms with Crippen LogP contribution in [-0.4, -0.2) is 42.1 Å². The maximum atomic E-state index is 13.0. The summed E-state index contributed by atoms with van der Waals surface area (Å²) in [6, 6.07) is 0.206. The smallest absolute Gasteiger partial charge is 0.329 e. The lowest BCUT2D eigenvalue weighted by Gasteiger charge is -2.21. The zero-order valence-electron chi connectivity index (χ0n) is 16.2. The number of hydrogen-bond donors (Lipinski definition) is 3. The maximum absolute atomic E-state index is 13.0. The Morgan fingerprint density at radius 1 is 1.18 bits per heavy atom. The number of rotatable bonds is 8. The molecule has 2 aliphatic carbocycles. The van der Waals surface area contributed by atoms with Gasteiger partial charge in [-0.15, -0.1) is 11.3 Å². The summed E-state index contributed by atoms with van der Waals surface area (Å²) < 4.78 is 4.87. The van der Waals surface area contributed by atoms with Gasteiger partial charge in [0.15, 0.2) is 0 Å². The Hall–Kier alpha value is -1.93. The Morgan fingerprint density at radius 2 is 1.93 bits per heavy atom. The summed E-state index contributed by atoms with van der Waals surface area (Å²) in [7, 11) is 0. The van der Waals surface area contributed by atoms with Gasteiger partial charge in [0.05, 0.1) is 5.56 Å². The van der Waals surface area contributed by atoms with Crippen LogP contribution in [0.1, 0.15) is 66.2 Å². The minimum atomic E-state index is -1.12. The van der Waals surface area contributed by atoms with Crippen LogP contribution in [0.2, 0.25) is 0 Å². The molecule has 0 bridgehead atoms. The van der Waals surface area contributed by atoms with Crippen LogP contribution < -0.4 is 10.6 Å². The lowest BCUT2D eigenvalue weighted by molar-refractivity contribution is -0.143. The van der Waals surface area contributed by atoms with E-state index in [1.165, 1.54) is 16.2 Å². The third-order valence-electron chi connectivity index (χ3n) is 5.57. The molecule has 0 aromatic carbocycles. The van der Waals surface area contributed by atoms with Crippen LogP contribution in [-0.2, 0) is 27.2 Å². The zero-order chi connectivity index (χ0) is 20.1. The molecule has 7 nitrogen and oxygen atoms in total. The fourth-order valence-electron chi connectivity index (χ4n) is 4.05. The highest BCUT2D eigenvalue weighted by molar-refractivity contribution is 7.17. The molecular formula is C20H28N2O5S. The van der Waals surface area contributed by atoms with Crippen LogP contribution in [0.4, 0.5) is 5.00 Å². The van der Waals surface area contributed by atoms with Crippen LogP contribution in [0.3, 0.4) is 0 Å². The molecule has 1 saturated carbocycles. The second-order valence-corrected chi connectivity index (χ2v) is 8.72. The van der Waals surface area contributed by atoms with E-state index in [9.17, 15) is 14.4 Å². The summed E-state index contributed by atoms with van der Waals surface area (Å²) in [5, 5.41) is 15.1. The quantitative estimate of drug-likeness (QED) is 0.613. The van der Waals surface area contributed by atoms with Crippen molar-refractivity contribution in [3.05, 3.63) is 16.0 Å². The predicted molar refractivity (Wildman–Crippen MR) is 107 cm³/mol. The molecule has 1 heterocycles. The van der Waals surface area contributed by atoms with E-state index in [2.05, 4.69) is 17.6 Å². The van der Waals surface area contributed by atoms with Crippen molar-refractivity contribution in [1.82, 2.24) is 5.32 Å². The lowest BCUT2D eigenvalue weighted by atomic mass is 9.85. The van der Waals surface area contributed by atoms with Crippen LogP contribution in [0.15, 0.2) is 0 Å². The highest BCUT2D eigenvalue weighted by atomic mass is 32.1. The SMILES string of the molecule is CC[C@H]1CCc2c(sc(NC(=O)COCC(=O)O)c2C(=O)NC2CCCC2)C1. The summed E-state index contributed by atoms with van der Waals surface area (Å²) in [6.45, 7) is 1.30. The van der Waals surface area contributed by atoms with Crippen molar-refractivity contribution in [1.29, 1.82) is 0 Å². The zero-order valence-corrected chi connectivity index (χ0v) is 17.0. The number of carboxylic acid groups (broad SMARTS) is 1. The Bertz CT molecular complexity index is 739. The second kappa shape index (κ2) is 9.52. The van der Waals surface area contributed by atoms with Crippen molar-refractivity contribution < 1.29 is 24.2 Å². The fourth-order valence-corrected chi connectivity index (χ4v) is 5.43. The van der Waals surface area contributed by atoms with Gasteiger partial charge in [-0.3, -0.25) is 9.59 Å². The molecule has 1 atom stereocenters. The van der Waals surface area contributed by atoms with Crippen LogP contribution in [0.5, 0.6) is 0 Å². The Kier molecular flexibility index (Phi) is 7.07. The third-order valence-corrected chi connectivity index (χ3v) is 6.74. The molecule has 1 fully saturated rings. The first kappa shape index (κ1) is 20.8. The van der Waals surface area contributed by atoms with E-state index in [-0.39, 0.29) is 18.6 Å². The van der Waals surface area contributed by atoms with E-state index >= 15 is 0 Å². The standard InChI is InChI=1S/C20H28N2O5S/c1-2-12-7-8-14-15(9-12)28-20(22-16(23)10-27-11-17(24)25)18(14)19(26)21-13-5-3-4-6-13/h12-13H,2-11H2,1H3,(H,21,26)(H,22,23)(H,24,25)/t12-/m0/s1. The van der Waals surface area contributed by atoms with Gasteiger partial charge in [0, 0.05) is 10.9 Å². The van der Waals surface area contributed by atoms with Crippen molar-refractivity contribution in [3.8, 4) is 0 Å². The number of anilines is 1. The van der Waals surface area contributed by atoms with Crippen molar-refractivity contribution >= 4 is 34.1 Å². The van der Waals surface area contributed by atoms with Gasteiger partial charge in [-0.1, -0.05) is 26.2 Å². The van der Waals surface area contributed by atoms with Crippen molar-refractivity contribution in [2.24, 2.45) is 5.92 Å². The molecule has 28 heavy (non-hydrogen) atoms. The highest BCUT2D eigenvalue weighted by Gasteiger charge is 2.30. The Morgan fingerprint density at radius 3 is 2.61 bits per heavy atom. The van der Waals surface area contributed by atoms with Gasteiger partial charge >= 0.3 is 5.97 Å². The Balaban J connectivity index is 1.77. The number of carboxylic acids is 1. The molecule has 0 radical (unpaired) electrons. The van der Waals surface area contributed by atoms with E-state index in [1.54, 1.807) is 0 Å². The first-order valence-corrected chi connectivity index (χ1v) is 10.8. The number of hydrogen-bond acceptors (Lipinski definition) is 5. The minimum Gasteiger partial charge on any atom is -0.480 e. The van der Waals surface area contributed by atoms with Crippen molar-refractivity contribution in [3.63, 3.8) is 0 Å². The number of amides is 2. The van der Waals surface area contributed by atoms with E-state index in [1.807, 2.05) is 0 Å². The van der Waals surface area contributed by atoms with Gasteiger partial charge in [0.2, 0.25) is 0 Å². The van der Waals surface area contributed by atoms with Gasteiger partial charge in [-0.05, 0) is 43.6 Å².